The number of nitrogens with one attached hydrogen (secondary N) is 2. The molecule has 0 saturated carbocycles. The third kappa shape index (κ3) is 7.65. The Hall–Kier alpha value is -0.920. The number of hydrogen-bond donors (Lipinski definition) is 2. The number of likely N-dealkylation sites (tertiary alicyclic amines) is 1. The van der Waals surface area contributed by atoms with Gasteiger partial charge in [-0.2, -0.15) is 4.31 Å². The highest BCUT2D eigenvalue weighted by atomic mass is 127. The zero-order valence-electron chi connectivity index (χ0n) is 18.0. The highest BCUT2D eigenvalue weighted by Crippen LogP contribution is 2.25. The molecule has 1 aromatic heterocycles. The van der Waals surface area contributed by atoms with E-state index in [0.717, 1.165) is 30.8 Å². The van der Waals surface area contributed by atoms with Gasteiger partial charge < -0.3 is 15.5 Å². The van der Waals surface area contributed by atoms with Crippen LogP contribution in [-0.4, -0.2) is 75.3 Å². The summed E-state index contributed by atoms with van der Waals surface area (Å²) in [5.41, 5.74) is 0. The Kier molecular flexibility index (Phi) is 12.2. The molecule has 0 aliphatic carbocycles. The first-order valence-electron chi connectivity index (χ1n) is 10.3. The van der Waals surface area contributed by atoms with E-state index in [4.69, 9.17) is 0 Å². The first-order valence-corrected chi connectivity index (χ1v) is 12.6. The quantitative estimate of drug-likeness (QED) is 0.255. The van der Waals surface area contributed by atoms with Gasteiger partial charge in [-0.25, -0.2) is 13.4 Å². The van der Waals surface area contributed by atoms with Crippen LogP contribution in [0.5, 0.6) is 0 Å². The second-order valence-electron chi connectivity index (χ2n) is 6.77. The molecule has 2 heterocycles. The average molecular weight is 572 g/mol. The minimum absolute atomic E-state index is 0. The van der Waals surface area contributed by atoms with Gasteiger partial charge >= 0.3 is 0 Å². The molecule has 30 heavy (non-hydrogen) atoms. The summed E-state index contributed by atoms with van der Waals surface area (Å²) in [6.45, 7) is 9.70. The second-order valence-corrected chi connectivity index (χ2v) is 10.1. The van der Waals surface area contributed by atoms with Gasteiger partial charge in [0.05, 0.1) is 0 Å². The van der Waals surface area contributed by atoms with Crippen molar-refractivity contribution in [3.63, 3.8) is 0 Å². The lowest BCUT2D eigenvalue weighted by atomic mass is 10.3. The van der Waals surface area contributed by atoms with Gasteiger partial charge in [-0.3, -0.25) is 4.79 Å². The molecule has 0 bridgehead atoms. The Morgan fingerprint density at radius 1 is 1.17 bits per heavy atom. The predicted octanol–water partition coefficient (Wildman–Crippen LogP) is 2.12. The summed E-state index contributed by atoms with van der Waals surface area (Å²) in [5.74, 6) is 0.664. The number of guanidine groups is 1. The third-order valence-corrected chi connectivity index (χ3v) is 8.44. The predicted molar refractivity (Wildman–Crippen MR) is 133 cm³/mol. The van der Waals surface area contributed by atoms with Crippen LogP contribution in [0, 0.1) is 0 Å². The molecule has 8 nitrogen and oxygen atoms in total. The fourth-order valence-electron chi connectivity index (χ4n) is 3.18. The van der Waals surface area contributed by atoms with E-state index >= 15 is 0 Å². The van der Waals surface area contributed by atoms with Crippen LogP contribution in [0.1, 0.15) is 38.5 Å². The van der Waals surface area contributed by atoms with E-state index in [1.807, 2.05) is 31.7 Å². The third-order valence-electron chi connectivity index (χ3n) is 4.78. The molecule has 0 spiro atoms. The Morgan fingerprint density at radius 2 is 1.83 bits per heavy atom. The van der Waals surface area contributed by atoms with E-state index in [-0.39, 0.29) is 36.4 Å². The second kappa shape index (κ2) is 13.5. The molecule has 11 heteroatoms. The molecule has 1 aliphatic rings. The fraction of sp³-hybridized carbons (Fsp3) is 0.684. The van der Waals surface area contributed by atoms with Crippen molar-refractivity contribution in [1.29, 1.82) is 0 Å². The number of thiophene rings is 1. The van der Waals surface area contributed by atoms with E-state index in [2.05, 4.69) is 15.6 Å². The maximum Gasteiger partial charge on any atom is 0.252 e. The van der Waals surface area contributed by atoms with Crippen molar-refractivity contribution in [3.05, 3.63) is 17.0 Å². The van der Waals surface area contributed by atoms with Crippen LogP contribution in [0.3, 0.4) is 0 Å². The van der Waals surface area contributed by atoms with E-state index in [1.165, 1.54) is 15.6 Å². The van der Waals surface area contributed by atoms with Gasteiger partial charge in [0.15, 0.2) is 5.96 Å². The maximum atomic E-state index is 12.6. The lowest BCUT2D eigenvalue weighted by Crippen LogP contribution is -2.39. The Labute approximate surface area is 201 Å². The Bertz CT molecular complexity index is 788. The van der Waals surface area contributed by atoms with Crippen LogP contribution in [0.4, 0.5) is 0 Å². The zero-order valence-corrected chi connectivity index (χ0v) is 22.0. The molecule has 1 amide bonds. The molecule has 1 aromatic rings. The summed E-state index contributed by atoms with van der Waals surface area (Å²) in [4.78, 5) is 19.4. The molecule has 1 saturated heterocycles. The van der Waals surface area contributed by atoms with Crippen LogP contribution in [0.25, 0.3) is 0 Å². The zero-order chi connectivity index (χ0) is 21.3. The van der Waals surface area contributed by atoms with Gasteiger partial charge in [0.1, 0.15) is 10.8 Å². The topological polar surface area (TPSA) is 94.1 Å². The van der Waals surface area contributed by atoms with Gasteiger partial charge in [-0.05, 0) is 38.3 Å². The van der Waals surface area contributed by atoms with Crippen molar-refractivity contribution in [2.75, 3.05) is 45.8 Å². The SMILES string of the molecule is CCNC(=NCC(=O)N1CCCC1)NCCc1ccc(S(=O)(=O)N(CC)CC)s1.I. The van der Waals surface area contributed by atoms with Gasteiger partial charge in [0.2, 0.25) is 5.91 Å². The van der Waals surface area contributed by atoms with Gasteiger partial charge in [0, 0.05) is 44.1 Å². The van der Waals surface area contributed by atoms with Crippen molar-refractivity contribution < 1.29 is 13.2 Å². The summed E-state index contributed by atoms with van der Waals surface area (Å²) in [7, 11) is -3.40. The number of hydrogen-bond acceptors (Lipinski definition) is 5. The lowest BCUT2D eigenvalue weighted by molar-refractivity contribution is -0.128. The van der Waals surface area contributed by atoms with Crippen molar-refractivity contribution in [3.8, 4) is 0 Å². The van der Waals surface area contributed by atoms with Crippen LogP contribution < -0.4 is 10.6 Å². The molecular formula is C19H34IN5O3S2. The highest BCUT2D eigenvalue weighted by molar-refractivity contribution is 14.0. The van der Waals surface area contributed by atoms with Crippen molar-refractivity contribution >= 4 is 57.2 Å². The van der Waals surface area contributed by atoms with E-state index < -0.39 is 10.0 Å². The minimum atomic E-state index is -3.40. The van der Waals surface area contributed by atoms with E-state index in [0.29, 0.717) is 42.8 Å². The van der Waals surface area contributed by atoms with Crippen LogP contribution in [0.2, 0.25) is 0 Å². The number of aliphatic imine (C=N–C) groups is 1. The van der Waals surface area contributed by atoms with E-state index in [9.17, 15) is 13.2 Å². The molecule has 0 radical (unpaired) electrons. The van der Waals surface area contributed by atoms with E-state index in [1.54, 1.807) is 6.07 Å². The van der Waals surface area contributed by atoms with Crippen LogP contribution >= 0.6 is 35.3 Å². The monoisotopic (exact) mass is 571 g/mol. The summed E-state index contributed by atoms with van der Waals surface area (Å²) in [6, 6.07) is 3.55. The number of amides is 1. The smallest absolute Gasteiger partial charge is 0.252 e. The summed E-state index contributed by atoms with van der Waals surface area (Å²) in [5, 5.41) is 6.37. The van der Waals surface area contributed by atoms with Crippen molar-refractivity contribution in [2.24, 2.45) is 4.99 Å². The standard InChI is InChI=1S/C19H33N5O3S2.HI/c1-4-20-19(22-15-17(25)23-13-7-8-14-23)21-12-11-16-9-10-18(28-16)29(26,27)24(5-2)6-3;/h9-10H,4-8,11-15H2,1-3H3,(H2,20,21,22);1H. The molecule has 1 aliphatic heterocycles. The van der Waals surface area contributed by atoms with Gasteiger partial charge in [0.25, 0.3) is 10.0 Å². The van der Waals surface area contributed by atoms with Gasteiger partial charge in [-0.15, -0.1) is 35.3 Å². The maximum absolute atomic E-state index is 12.6. The number of rotatable bonds is 10. The first-order chi connectivity index (χ1) is 13.9. The molecule has 0 aromatic carbocycles. The normalized spacial score (nSPS) is 14.7. The Balaban J connectivity index is 0.00000450. The number of carbonyl (C=O) groups is 1. The molecule has 2 N–H and O–H groups in total. The summed E-state index contributed by atoms with van der Waals surface area (Å²) in [6.07, 6.45) is 2.82. The molecular weight excluding hydrogens is 537 g/mol. The van der Waals surface area contributed by atoms with Crippen molar-refractivity contribution in [1.82, 2.24) is 19.8 Å². The number of nitrogens with zero attached hydrogens (tertiary/aromatic N) is 3. The number of halogens is 1. The largest absolute Gasteiger partial charge is 0.357 e. The first kappa shape index (κ1) is 27.1. The molecule has 2 rings (SSSR count). The fourth-order valence-corrected chi connectivity index (χ4v) is 6.15. The highest BCUT2D eigenvalue weighted by Gasteiger charge is 2.23. The summed E-state index contributed by atoms with van der Waals surface area (Å²) >= 11 is 1.31. The minimum Gasteiger partial charge on any atom is -0.357 e. The number of carbonyl (C=O) groups excluding carboxylic acids is 1. The number of sulfonamides is 1. The lowest BCUT2D eigenvalue weighted by Gasteiger charge is -2.16. The van der Waals surface area contributed by atoms with Crippen LogP contribution in [0.15, 0.2) is 21.3 Å². The van der Waals surface area contributed by atoms with Gasteiger partial charge in [-0.1, -0.05) is 13.8 Å². The summed E-state index contributed by atoms with van der Waals surface area (Å²) < 4.78 is 27.0. The average Bonchev–Trinajstić information content (AvgIpc) is 3.39. The van der Waals surface area contributed by atoms with Crippen LogP contribution in [-0.2, 0) is 21.2 Å². The molecule has 0 atom stereocenters. The molecule has 1 fully saturated rings. The van der Waals surface area contributed by atoms with Crippen molar-refractivity contribution in [2.45, 2.75) is 44.2 Å². The molecule has 0 unspecified atom stereocenters. The molecule has 172 valence electrons. The Morgan fingerprint density at radius 3 is 2.43 bits per heavy atom.